The van der Waals surface area contributed by atoms with Gasteiger partial charge in [-0.05, 0) is 44.8 Å². The van der Waals surface area contributed by atoms with E-state index in [4.69, 9.17) is 4.74 Å². The summed E-state index contributed by atoms with van der Waals surface area (Å²) >= 11 is 0. The molecule has 0 unspecified atom stereocenters. The maximum Gasteiger partial charge on any atom is 0.0480 e. The quantitative estimate of drug-likeness (QED) is 0.831. The molecule has 0 aliphatic carbocycles. The van der Waals surface area contributed by atoms with Crippen LogP contribution in [-0.4, -0.2) is 55.2 Å². The van der Waals surface area contributed by atoms with Gasteiger partial charge < -0.3 is 9.64 Å². The molecule has 0 aromatic heterocycles. The summed E-state index contributed by atoms with van der Waals surface area (Å²) in [6.45, 7) is 5.44. The third-order valence-corrected chi connectivity index (χ3v) is 5.29. The van der Waals surface area contributed by atoms with E-state index in [-0.39, 0.29) is 0 Å². The van der Waals surface area contributed by atoms with Crippen molar-refractivity contribution in [2.45, 2.75) is 50.7 Å². The monoisotopic (exact) mass is 302 g/mol. The van der Waals surface area contributed by atoms with Crippen molar-refractivity contribution in [1.29, 1.82) is 0 Å². The van der Waals surface area contributed by atoms with Gasteiger partial charge in [-0.1, -0.05) is 36.8 Å². The molecule has 2 heterocycles. The lowest BCUT2D eigenvalue weighted by atomic mass is 9.99. The fraction of sp³-hybridized carbons (Fsp3) is 0.684. The highest BCUT2D eigenvalue weighted by molar-refractivity contribution is 5.14. The Morgan fingerprint density at radius 3 is 2.64 bits per heavy atom. The minimum Gasteiger partial charge on any atom is -0.381 e. The topological polar surface area (TPSA) is 15.7 Å². The lowest BCUT2D eigenvalue weighted by Crippen LogP contribution is -2.48. The summed E-state index contributed by atoms with van der Waals surface area (Å²) in [6, 6.07) is 12.4. The van der Waals surface area contributed by atoms with E-state index < -0.39 is 0 Å². The second kappa shape index (κ2) is 8.09. The summed E-state index contributed by atoms with van der Waals surface area (Å²) < 4.78 is 5.50. The maximum atomic E-state index is 5.50. The van der Waals surface area contributed by atoms with Gasteiger partial charge in [0.25, 0.3) is 0 Å². The Bertz CT molecular complexity index is 430. The van der Waals surface area contributed by atoms with E-state index in [1.165, 1.54) is 50.8 Å². The molecular weight excluding hydrogens is 272 g/mol. The van der Waals surface area contributed by atoms with Crippen molar-refractivity contribution in [2.75, 3.05) is 33.4 Å². The summed E-state index contributed by atoms with van der Waals surface area (Å²) in [6.07, 6.45) is 6.48. The van der Waals surface area contributed by atoms with E-state index in [0.29, 0.717) is 12.1 Å². The highest BCUT2D eigenvalue weighted by atomic mass is 16.5. The lowest BCUT2D eigenvalue weighted by Gasteiger charge is -2.40. The molecule has 1 aromatic carbocycles. The summed E-state index contributed by atoms with van der Waals surface area (Å²) in [5, 5.41) is 0. The molecule has 1 atom stereocenters. The summed E-state index contributed by atoms with van der Waals surface area (Å²) in [5.41, 5.74) is 1.45. The molecule has 3 heteroatoms. The lowest BCUT2D eigenvalue weighted by molar-refractivity contribution is 0.0258. The molecular formula is C19H30N2O. The van der Waals surface area contributed by atoms with Gasteiger partial charge in [0.05, 0.1) is 0 Å². The fourth-order valence-corrected chi connectivity index (χ4v) is 3.90. The number of likely N-dealkylation sites (tertiary alicyclic amines) is 1. The number of piperidine rings is 1. The first-order chi connectivity index (χ1) is 10.8. The van der Waals surface area contributed by atoms with Crippen LogP contribution in [0.1, 0.15) is 37.7 Å². The molecule has 0 spiro atoms. The van der Waals surface area contributed by atoms with Crippen molar-refractivity contribution >= 4 is 0 Å². The first-order valence-corrected chi connectivity index (χ1v) is 8.89. The number of ether oxygens (including phenoxy) is 1. The average Bonchev–Trinajstić information content (AvgIpc) is 2.58. The van der Waals surface area contributed by atoms with Gasteiger partial charge in [-0.2, -0.15) is 0 Å². The zero-order chi connectivity index (χ0) is 15.2. The van der Waals surface area contributed by atoms with Crippen LogP contribution in [0.4, 0.5) is 0 Å². The summed E-state index contributed by atoms with van der Waals surface area (Å²) in [7, 11) is 2.31. The Hall–Kier alpha value is -0.900. The van der Waals surface area contributed by atoms with Gasteiger partial charge in [0.1, 0.15) is 0 Å². The van der Waals surface area contributed by atoms with Crippen LogP contribution in [-0.2, 0) is 11.3 Å². The Labute approximate surface area is 135 Å². The van der Waals surface area contributed by atoms with Crippen LogP contribution in [0.2, 0.25) is 0 Å². The second-order valence-electron chi connectivity index (χ2n) is 6.89. The van der Waals surface area contributed by atoms with Gasteiger partial charge in [-0.25, -0.2) is 0 Å². The molecule has 3 nitrogen and oxygen atoms in total. The van der Waals surface area contributed by atoms with Gasteiger partial charge in [-0.3, -0.25) is 4.90 Å². The zero-order valence-corrected chi connectivity index (χ0v) is 13.9. The number of hydrogen-bond donors (Lipinski definition) is 0. The predicted molar refractivity (Wildman–Crippen MR) is 91.0 cm³/mol. The van der Waals surface area contributed by atoms with Gasteiger partial charge in [0, 0.05) is 38.4 Å². The molecule has 0 amide bonds. The highest BCUT2D eigenvalue weighted by Crippen LogP contribution is 2.22. The van der Waals surface area contributed by atoms with Crippen LogP contribution in [0.15, 0.2) is 30.3 Å². The molecule has 0 bridgehead atoms. The van der Waals surface area contributed by atoms with E-state index >= 15 is 0 Å². The van der Waals surface area contributed by atoms with Crippen molar-refractivity contribution in [3.8, 4) is 0 Å². The van der Waals surface area contributed by atoms with Crippen molar-refractivity contribution in [3.63, 3.8) is 0 Å². The van der Waals surface area contributed by atoms with Crippen molar-refractivity contribution in [3.05, 3.63) is 35.9 Å². The molecule has 122 valence electrons. The zero-order valence-electron chi connectivity index (χ0n) is 13.9. The number of benzene rings is 1. The standard InChI is InChI=1S/C19H30N2O/c1-20(18-10-13-22-14-11-18)16-19-9-5-6-12-21(19)15-17-7-3-2-4-8-17/h2-4,7-8,18-19H,5-6,9-16H2,1H3/t19-/m1/s1. The van der Waals surface area contributed by atoms with Crippen LogP contribution in [0.5, 0.6) is 0 Å². The van der Waals surface area contributed by atoms with Gasteiger partial charge in [0.15, 0.2) is 0 Å². The second-order valence-corrected chi connectivity index (χ2v) is 6.89. The number of hydrogen-bond acceptors (Lipinski definition) is 3. The molecule has 2 fully saturated rings. The molecule has 2 aliphatic rings. The van der Waals surface area contributed by atoms with Crippen molar-refractivity contribution < 1.29 is 4.74 Å². The minimum absolute atomic E-state index is 0.710. The molecule has 3 rings (SSSR count). The van der Waals surface area contributed by atoms with Crippen LogP contribution < -0.4 is 0 Å². The van der Waals surface area contributed by atoms with E-state index in [1.54, 1.807) is 0 Å². The van der Waals surface area contributed by atoms with Crippen LogP contribution in [0, 0.1) is 0 Å². The highest BCUT2D eigenvalue weighted by Gasteiger charge is 2.26. The average molecular weight is 302 g/mol. The fourth-order valence-electron chi connectivity index (χ4n) is 3.90. The molecule has 0 radical (unpaired) electrons. The minimum atomic E-state index is 0.710. The Balaban J connectivity index is 1.57. The third kappa shape index (κ3) is 4.31. The molecule has 0 saturated carbocycles. The van der Waals surface area contributed by atoms with E-state index in [9.17, 15) is 0 Å². The van der Waals surface area contributed by atoms with Gasteiger partial charge >= 0.3 is 0 Å². The Morgan fingerprint density at radius 1 is 1.09 bits per heavy atom. The predicted octanol–water partition coefficient (Wildman–Crippen LogP) is 3.15. The number of rotatable bonds is 5. The normalized spacial score (nSPS) is 24.7. The molecule has 2 saturated heterocycles. The largest absolute Gasteiger partial charge is 0.381 e. The third-order valence-electron chi connectivity index (χ3n) is 5.29. The number of nitrogens with zero attached hydrogens (tertiary/aromatic N) is 2. The molecule has 1 aromatic rings. The SMILES string of the molecule is CN(C[C@H]1CCCCN1Cc1ccccc1)C1CCOCC1. The van der Waals surface area contributed by atoms with Crippen LogP contribution in [0.25, 0.3) is 0 Å². The van der Waals surface area contributed by atoms with Gasteiger partial charge in [0.2, 0.25) is 0 Å². The van der Waals surface area contributed by atoms with Crippen LogP contribution >= 0.6 is 0 Å². The smallest absolute Gasteiger partial charge is 0.0480 e. The first kappa shape index (κ1) is 16.0. The number of likely N-dealkylation sites (N-methyl/N-ethyl adjacent to an activating group) is 1. The Kier molecular flexibility index (Phi) is 5.88. The van der Waals surface area contributed by atoms with Crippen molar-refractivity contribution in [1.82, 2.24) is 9.80 Å². The first-order valence-electron chi connectivity index (χ1n) is 8.89. The van der Waals surface area contributed by atoms with E-state index in [0.717, 1.165) is 19.8 Å². The summed E-state index contributed by atoms with van der Waals surface area (Å²) in [4.78, 5) is 5.30. The van der Waals surface area contributed by atoms with Crippen LogP contribution in [0.3, 0.4) is 0 Å². The van der Waals surface area contributed by atoms with Crippen molar-refractivity contribution in [2.24, 2.45) is 0 Å². The summed E-state index contributed by atoms with van der Waals surface area (Å²) in [5.74, 6) is 0. The Morgan fingerprint density at radius 2 is 1.86 bits per heavy atom. The molecule has 2 aliphatic heterocycles. The molecule has 22 heavy (non-hydrogen) atoms. The van der Waals surface area contributed by atoms with E-state index in [2.05, 4.69) is 47.2 Å². The molecule has 0 N–H and O–H groups in total. The van der Waals surface area contributed by atoms with E-state index in [1.807, 2.05) is 0 Å². The maximum absolute atomic E-state index is 5.50. The van der Waals surface area contributed by atoms with Gasteiger partial charge in [-0.15, -0.1) is 0 Å².